The molecule has 1 aliphatic heterocycles. The average molecular weight is 257 g/mol. The van der Waals surface area contributed by atoms with Crippen molar-refractivity contribution in [3.05, 3.63) is 17.8 Å². The fraction of sp³-hybridized carbons (Fsp3) is 0.600. The number of hydrogen-bond acceptors (Lipinski definition) is 5. The standard InChI is InChI=1S/C10H15N3O3S/c1-8-2-3-9(12-11-8)17(16)13-5-4-10(15,6-13)7-14/h2-3,14-15H,4-7H2,1H3. The Morgan fingerprint density at radius 3 is 2.82 bits per heavy atom. The van der Waals surface area contributed by atoms with Crippen molar-refractivity contribution in [3.63, 3.8) is 0 Å². The van der Waals surface area contributed by atoms with Gasteiger partial charge in [-0.05, 0) is 25.5 Å². The monoisotopic (exact) mass is 257 g/mol. The van der Waals surface area contributed by atoms with Crippen molar-refractivity contribution in [2.45, 2.75) is 24.0 Å². The van der Waals surface area contributed by atoms with E-state index in [0.717, 1.165) is 5.69 Å². The average Bonchev–Trinajstić information content (AvgIpc) is 2.73. The first-order valence-corrected chi connectivity index (χ1v) is 6.45. The second kappa shape index (κ2) is 4.77. The Morgan fingerprint density at radius 1 is 1.53 bits per heavy atom. The van der Waals surface area contributed by atoms with E-state index in [2.05, 4.69) is 10.2 Å². The summed E-state index contributed by atoms with van der Waals surface area (Å²) in [5, 5.41) is 27.0. The Kier molecular flexibility index (Phi) is 3.53. The zero-order valence-corrected chi connectivity index (χ0v) is 10.4. The lowest BCUT2D eigenvalue weighted by Gasteiger charge is -2.19. The van der Waals surface area contributed by atoms with Crippen molar-refractivity contribution in [1.82, 2.24) is 14.5 Å². The van der Waals surface area contributed by atoms with Crippen LogP contribution in [0.15, 0.2) is 17.2 Å². The molecule has 1 saturated heterocycles. The zero-order valence-electron chi connectivity index (χ0n) is 9.54. The van der Waals surface area contributed by atoms with Crippen molar-refractivity contribution in [2.24, 2.45) is 0 Å². The second-order valence-corrected chi connectivity index (χ2v) is 5.69. The lowest BCUT2D eigenvalue weighted by Crippen LogP contribution is -2.37. The van der Waals surface area contributed by atoms with Crippen LogP contribution in [0.2, 0.25) is 0 Å². The molecule has 2 rings (SSSR count). The molecule has 2 unspecified atom stereocenters. The normalized spacial score (nSPS) is 27.2. The van der Waals surface area contributed by atoms with E-state index in [4.69, 9.17) is 5.11 Å². The van der Waals surface area contributed by atoms with Crippen LogP contribution in [0.1, 0.15) is 12.1 Å². The molecule has 1 fully saturated rings. The maximum atomic E-state index is 12.1. The minimum absolute atomic E-state index is 0.186. The minimum Gasteiger partial charge on any atom is -0.393 e. The van der Waals surface area contributed by atoms with Crippen LogP contribution < -0.4 is 0 Å². The minimum atomic E-state index is -1.43. The quantitative estimate of drug-likeness (QED) is 0.743. The summed E-state index contributed by atoms with van der Waals surface area (Å²) in [5.74, 6) is 0. The van der Waals surface area contributed by atoms with Crippen molar-refractivity contribution >= 4 is 11.0 Å². The molecule has 2 N–H and O–H groups in total. The van der Waals surface area contributed by atoms with E-state index < -0.39 is 16.6 Å². The van der Waals surface area contributed by atoms with Crippen molar-refractivity contribution in [1.29, 1.82) is 0 Å². The number of aliphatic hydroxyl groups excluding tert-OH is 1. The highest BCUT2D eigenvalue weighted by Gasteiger charge is 2.38. The molecule has 2 atom stereocenters. The topological polar surface area (TPSA) is 86.6 Å². The lowest BCUT2D eigenvalue weighted by molar-refractivity contribution is -0.000511. The summed E-state index contributed by atoms with van der Waals surface area (Å²) in [5.41, 5.74) is -0.382. The van der Waals surface area contributed by atoms with E-state index in [1.54, 1.807) is 23.4 Å². The van der Waals surface area contributed by atoms with Gasteiger partial charge >= 0.3 is 0 Å². The molecule has 7 heteroatoms. The Hall–Kier alpha value is -0.890. The molecule has 0 aliphatic carbocycles. The molecular weight excluding hydrogens is 242 g/mol. The number of rotatable bonds is 3. The summed E-state index contributed by atoms with van der Waals surface area (Å²) in [6.07, 6.45) is 0.411. The van der Waals surface area contributed by atoms with Crippen LogP contribution in [0, 0.1) is 6.92 Å². The van der Waals surface area contributed by atoms with Gasteiger partial charge in [0.05, 0.1) is 12.3 Å². The molecule has 1 aromatic rings. The molecule has 0 amide bonds. The molecule has 17 heavy (non-hydrogen) atoms. The van der Waals surface area contributed by atoms with Gasteiger partial charge in [0.15, 0.2) is 5.03 Å². The highest BCUT2D eigenvalue weighted by atomic mass is 32.2. The van der Waals surface area contributed by atoms with E-state index >= 15 is 0 Å². The van der Waals surface area contributed by atoms with Gasteiger partial charge in [0.2, 0.25) is 0 Å². The molecule has 0 aromatic carbocycles. The van der Waals surface area contributed by atoms with Crippen LogP contribution in [0.25, 0.3) is 0 Å². The molecule has 6 nitrogen and oxygen atoms in total. The fourth-order valence-electron chi connectivity index (χ4n) is 1.70. The summed E-state index contributed by atoms with van der Waals surface area (Å²) < 4.78 is 13.7. The number of aryl methyl sites for hydroxylation is 1. The van der Waals surface area contributed by atoms with Crippen molar-refractivity contribution in [3.8, 4) is 0 Å². The van der Waals surface area contributed by atoms with Crippen LogP contribution in [0.4, 0.5) is 0 Å². The van der Waals surface area contributed by atoms with Gasteiger partial charge in [0.25, 0.3) is 0 Å². The molecule has 1 aromatic heterocycles. The number of nitrogens with zero attached hydrogens (tertiary/aromatic N) is 3. The maximum Gasteiger partial charge on any atom is 0.165 e. The van der Waals surface area contributed by atoms with Gasteiger partial charge in [-0.25, -0.2) is 8.51 Å². The maximum absolute atomic E-state index is 12.1. The van der Waals surface area contributed by atoms with Gasteiger partial charge in [-0.1, -0.05) is 0 Å². The van der Waals surface area contributed by atoms with Crippen molar-refractivity contribution in [2.75, 3.05) is 19.7 Å². The number of aromatic nitrogens is 2. The summed E-state index contributed by atoms with van der Waals surface area (Å²) in [7, 11) is -1.43. The third kappa shape index (κ3) is 2.68. The predicted molar refractivity (Wildman–Crippen MR) is 61.4 cm³/mol. The molecule has 94 valence electrons. The lowest BCUT2D eigenvalue weighted by atomic mass is 10.1. The Morgan fingerprint density at radius 2 is 2.29 bits per heavy atom. The first-order chi connectivity index (χ1) is 8.04. The Labute approximate surface area is 102 Å². The highest BCUT2D eigenvalue weighted by molar-refractivity contribution is 7.82. The molecule has 2 heterocycles. The Balaban J connectivity index is 2.09. The summed E-state index contributed by atoms with van der Waals surface area (Å²) in [4.78, 5) is 0. The van der Waals surface area contributed by atoms with E-state index in [0.29, 0.717) is 18.0 Å². The first kappa shape index (κ1) is 12.6. The number of aliphatic hydroxyl groups is 2. The Bertz CT molecular complexity index is 425. The van der Waals surface area contributed by atoms with Gasteiger partial charge < -0.3 is 10.2 Å². The van der Waals surface area contributed by atoms with Gasteiger partial charge in [-0.3, -0.25) is 0 Å². The first-order valence-electron chi connectivity index (χ1n) is 5.34. The molecule has 0 spiro atoms. The van der Waals surface area contributed by atoms with Crippen LogP contribution in [0.3, 0.4) is 0 Å². The third-order valence-corrected chi connectivity index (χ3v) is 4.13. The van der Waals surface area contributed by atoms with E-state index in [-0.39, 0.29) is 13.2 Å². The molecular formula is C10H15N3O3S. The van der Waals surface area contributed by atoms with Gasteiger partial charge in [0, 0.05) is 13.1 Å². The summed E-state index contributed by atoms with van der Waals surface area (Å²) in [6, 6.07) is 3.41. The second-order valence-electron chi connectivity index (χ2n) is 4.26. The van der Waals surface area contributed by atoms with Gasteiger partial charge in [0.1, 0.15) is 16.6 Å². The van der Waals surface area contributed by atoms with E-state index in [9.17, 15) is 9.32 Å². The fourth-order valence-corrected chi connectivity index (χ4v) is 2.88. The van der Waals surface area contributed by atoms with Crippen LogP contribution in [0.5, 0.6) is 0 Å². The predicted octanol–water partition coefficient (Wildman–Crippen LogP) is -0.763. The number of β-amino-alcohol motifs (C(OH)–C–C–N with tert-alkyl or cyclic N) is 1. The summed E-state index contributed by atoms with van der Waals surface area (Å²) in [6.45, 7) is 2.14. The molecule has 0 saturated carbocycles. The van der Waals surface area contributed by atoms with Crippen LogP contribution in [-0.4, -0.2) is 54.2 Å². The molecule has 0 bridgehead atoms. The van der Waals surface area contributed by atoms with Crippen LogP contribution in [-0.2, 0) is 11.0 Å². The molecule has 0 radical (unpaired) electrons. The van der Waals surface area contributed by atoms with Gasteiger partial charge in [-0.15, -0.1) is 5.10 Å². The van der Waals surface area contributed by atoms with Crippen molar-refractivity contribution < 1.29 is 14.4 Å². The third-order valence-electron chi connectivity index (χ3n) is 2.78. The van der Waals surface area contributed by atoms with E-state index in [1.165, 1.54) is 0 Å². The molecule has 1 aliphatic rings. The highest BCUT2D eigenvalue weighted by Crippen LogP contribution is 2.23. The van der Waals surface area contributed by atoms with Gasteiger partial charge in [-0.2, -0.15) is 5.10 Å². The summed E-state index contributed by atoms with van der Waals surface area (Å²) >= 11 is 0. The van der Waals surface area contributed by atoms with Crippen LogP contribution >= 0.6 is 0 Å². The smallest absolute Gasteiger partial charge is 0.165 e. The number of hydrogen-bond donors (Lipinski definition) is 2. The SMILES string of the molecule is Cc1ccc(S(=O)N2CCC(O)(CO)C2)nn1. The largest absolute Gasteiger partial charge is 0.393 e. The van der Waals surface area contributed by atoms with E-state index in [1.807, 2.05) is 0 Å². The zero-order chi connectivity index (χ0) is 12.5.